The molecule has 2 rings (SSSR count). The van der Waals surface area contributed by atoms with Gasteiger partial charge >= 0.3 is 6.18 Å². The minimum absolute atomic E-state index is 0.0444. The van der Waals surface area contributed by atoms with Gasteiger partial charge in [0.25, 0.3) is 5.24 Å². The van der Waals surface area contributed by atoms with Crippen LogP contribution in [0.1, 0.15) is 16.3 Å². The van der Waals surface area contributed by atoms with Crippen LogP contribution in [0.15, 0.2) is 18.3 Å². The Balaban J connectivity index is 2.85. The Labute approximate surface area is 99.6 Å². The zero-order valence-corrected chi connectivity index (χ0v) is 9.30. The first kappa shape index (κ1) is 12.0. The van der Waals surface area contributed by atoms with E-state index >= 15 is 0 Å². The number of alkyl halides is 3. The predicted octanol–water partition coefficient (Wildman–Crippen LogP) is 0.990. The van der Waals surface area contributed by atoms with Gasteiger partial charge in [-0.1, -0.05) is 11.5 Å². The minimum atomic E-state index is -4.64. The summed E-state index contributed by atoms with van der Waals surface area (Å²) in [6.45, 7) is 0. The van der Waals surface area contributed by atoms with Crippen molar-refractivity contribution in [2.75, 3.05) is 0 Å². The number of hydrogen-bond acceptors (Lipinski definition) is 2. The van der Waals surface area contributed by atoms with Crippen LogP contribution in [0, 0.1) is 0 Å². The molecule has 0 aliphatic heterocycles. The van der Waals surface area contributed by atoms with Crippen LogP contribution in [0.2, 0.25) is 0 Å². The van der Waals surface area contributed by atoms with E-state index in [0.717, 1.165) is 4.40 Å². The van der Waals surface area contributed by atoms with E-state index in [9.17, 15) is 18.0 Å². The normalized spacial score (nSPS) is 12.0. The Hall–Kier alpha value is -1.50. The summed E-state index contributed by atoms with van der Waals surface area (Å²) in [6.07, 6.45) is -3.38. The van der Waals surface area contributed by atoms with Crippen LogP contribution < -0.4 is 5.46 Å². The van der Waals surface area contributed by atoms with E-state index in [2.05, 4.69) is 4.98 Å². The first-order valence-electron chi connectivity index (χ1n) is 4.56. The minimum Gasteiger partial charge on any atom is -0.296 e. The highest BCUT2D eigenvalue weighted by Gasteiger charge is 2.37. The highest BCUT2D eigenvalue weighted by Crippen LogP contribution is 2.30. The molecule has 2 heterocycles. The third-order valence-corrected chi connectivity index (χ3v) is 2.40. The van der Waals surface area contributed by atoms with Crippen molar-refractivity contribution < 1.29 is 18.0 Å². The molecule has 17 heavy (non-hydrogen) atoms. The van der Waals surface area contributed by atoms with E-state index in [1.165, 1.54) is 12.3 Å². The standard InChI is InChI=1S/C9H5BClF3N2O/c10-4-1-2-5-6(7(11)17)15-8(9(12,13)14)16(5)3-4/h1-3H,10H2. The lowest BCUT2D eigenvalue weighted by Gasteiger charge is -2.05. The molecule has 88 valence electrons. The molecule has 0 aliphatic carbocycles. The van der Waals surface area contributed by atoms with Crippen LogP contribution in [-0.2, 0) is 6.18 Å². The summed E-state index contributed by atoms with van der Waals surface area (Å²) < 4.78 is 38.9. The van der Waals surface area contributed by atoms with Gasteiger partial charge in [0.1, 0.15) is 13.5 Å². The maximum Gasteiger partial charge on any atom is 0.450 e. The molecule has 0 amide bonds. The number of nitrogens with zero attached hydrogens (tertiary/aromatic N) is 2. The third kappa shape index (κ3) is 2.02. The lowest BCUT2D eigenvalue weighted by Crippen LogP contribution is -2.13. The zero-order valence-electron chi connectivity index (χ0n) is 8.55. The summed E-state index contributed by atoms with van der Waals surface area (Å²) in [4.78, 5) is 14.3. The van der Waals surface area contributed by atoms with E-state index in [4.69, 9.17) is 11.6 Å². The molecule has 0 atom stereocenters. The van der Waals surface area contributed by atoms with Crippen LogP contribution in [0.3, 0.4) is 0 Å². The molecule has 0 saturated carbocycles. The quantitative estimate of drug-likeness (QED) is 0.566. The Morgan fingerprint density at radius 3 is 2.59 bits per heavy atom. The molecule has 0 unspecified atom stereocenters. The molecule has 0 aliphatic rings. The molecule has 0 fully saturated rings. The predicted molar refractivity (Wildman–Crippen MR) is 58.6 cm³/mol. The fourth-order valence-corrected chi connectivity index (χ4v) is 1.68. The highest BCUT2D eigenvalue weighted by atomic mass is 35.5. The van der Waals surface area contributed by atoms with E-state index in [0.29, 0.717) is 5.46 Å². The SMILES string of the molecule is Bc1ccc2c(C(=O)Cl)nc(C(F)(F)F)n2c1. The Morgan fingerprint density at radius 1 is 1.41 bits per heavy atom. The number of carbonyl (C=O) groups is 1. The fourth-order valence-electron chi connectivity index (χ4n) is 1.54. The summed E-state index contributed by atoms with van der Waals surface area (Å²) in [6, 6.07) is 2.97. The second kappa shape index (κ2) is 3.77. The van der Waals surface area contributed by atoms with E-state index in [1.807, 2.05) is 0 Å². The van der Waals surface area contributed by atoms with Gasteiger partial charge in [-0.2, -0.15) is 13.2 Å². The van der Waals surface area contributed by atoms with Crippen LogP contribution in [0.25, 0.3) is 5.52 Å². The van der Waals surface area contributed by atoms with Crippen molar-refractivity contribution in [1.29, 1.82) is 0 Å². The van der Waals surface area contributed by atoms with E-state index < -0.39 is 17.2 Å². The van der Waals surface area contributed by atoms with Crippen molar-refractivity contribution in [3.8, 4) is 0 Å². The lowest BCUT2D eigenvalue weighted by molar-refractivity contribution is -0.145. The van der Waals surface area contributed by atoms with Gasteiger partial charge in [-0.05, 0) is 17.7 Å². The van der Waals surface area contributed by atoms with Gasteiger partial charge in [-0.3, -0.25) is 9.20 Å². The maximum atomic E-state index is 12.7. The average molecular weight is 260 g/mol. The maximum absolute atomic E-state index is 12.7. The molecule has 2 aromatic heterocycles. The summed E-state index contributed by atoms with van der Waals surface area (Å²) in [5, 5.41) is -1.01. The van der Waals surface area contributed by atoms with Crippen molar-refractivity contribution in [3.63, 3.8) is 0 Å². The van der Waals surface area contributed by atoms with Crippen molar-refractivity contribution in [3.05, 3.63) is 29.8 Å². The average Bonchev–Trinajstić information content (AvgIpc) is 2.55. The largest absolute Gasteiger partial charge is 0.450 e. The van der Waals surface area contributed by atoms with Gasteiger partial charge in [0.05, 0.1) is 5.52 Å². The third-order valence-electron chi connectivity index (χ3n) is 2.22. The number of halogens is 4. The number of imidazole rings is 1. The number of hydrogen-bond donors (Lipinski definition) is 0. The van der Waals surface area contributed by atoms with Gasteiger partial charge in [-0.25, -0.2) is 4.98 Å². The first-order chi connectivity index (χ1) is 7.80. The highest BCUT2D eigenvalue weighted by molar-refractivity contribution is 6.68. The van der Waals surface area contributed by atoms with Crippen LogP contribution in [0.4, 0.5) is 13.2 Å². The Morgan fingerprint density at radius 2 is 2.06 bits per heavy atom. The first-order valence-corrected chi connectivity index (χ1v) is 4.94. The van der Waals surface area contributed by atoms with Crippen LogP contribution in [-0.4, -0.2) is 22.5 Å². The molecule has 2 aromatic rings. The second-order valence-electron chi connectivity index (χ2n) is 3.52. The monoisotopic (exact) mass is 260 g/mol. The molecule has 0 spiro atoms. The number of carbonyl (C=O) groups excluding carboxylic acids is 1. The second-order valence-corrected chi connectivity index (χ2v) is 3.86. The number of fused-ring (bicyclic) bond motifs is 1. The topological polar surface area (TPSA) is 34.4 Å². The summed E-state index contributed by atoms with van der Waals surface area (Å²) in [7, 11) is 1.64. The molecular weight excluding hydrogens is 255 g/mol. The summed E-state index contributed by atoms with van der Waals surface area (Å²) in [5.74, 6) is -1.15. The molecule has 8 heteroatoms. The molecule has 0 saturated heterocycles. The van der Waals surface area contributed by atoms with Gasteiger partial charge in [-0.15, -0.1) is 0 Å². The van der Waals surface area contributed by atoms with Crippen molar-refractivity contribution in [2.45, 2.75) is 6.18 Å². The van der Waals surface area contributed by atoms with E-state index in [1.54, 1.807) is 13.9 Å². The number of aromatic nitrogens is 2. The van der Waals surface area contributed by atoms with Gasteiger partial charge in [0.15, 0.2) is 0 Å². The lowest BCUT2D eigenvalue weighted by atomic mass is 9.99. The smallest absolute Gasteiger partial charge is 0.296 e. The van der Waals surface area contributed by atoms with Crippen LogP contribution in [0.5, 0.6) is 0 Å². The fraction of sp³-hybridized carbons (Fsp3) is 0.111. The van der Waals surface area contributed by atoms with Crippen molar-refractivity contribution in [2.24, 2.45) is 0 Å². The van der Waals surface area contributed by atoms with Crippen molar-refractivity contribution >= 4 is 35.7 Å². The molecule has 0 bridgehead atoms. The Bertz CT molecular complexity index is 608. The van der Waals surface area contributed by atoms with Gasteiger partial charge in [0, 0.05) is 6.20 Å². The molecule has 3 nitrogen and oxygen atoms in total. The molecule has 0 aromatic carbocycles. The van der Waals surface area contributed by atoms with Gasteiger partial charge < -0.3 is 0 Å². The zero-order chi connectivity index (χ0) is 12.8. The number of rotatable bonds is 1. The summed E-state index contributed by atoms with van der Waals surface area (Å²) >= 11 is 5.20. The van der Waals surface area contributed by atoms with E-state index in [-0.39, 0.29) is 11.2 Å². The van der Waals surface area contributed by atoms with Gasteiger partial charge in [0.2, 0.25) is 5.82 Å². The van der Waals surface area contributed by atoms with Crippen molar-refractivity contribution in [1.82, 2.24) is 9.38 Å². The Kier molecular flexibility index (Phi) is 2.65. The number of pyridine rings is 1. The molecular formula is C9H5BClF3N2O. The molecule has 0 radical (unpaired) electrons. The molecule has 0 N–H and O–H groups in total. The van der Waals surface area contributed by atoms with Crippen LogP contribution >= 0.6 is 11.6 Å². The summed E-state index contributed by atoms with van der Waals surface area (Å²) in [5.41, 5.74) is 0.274.